The lowest BCUT2D eigenvalue weighted by atomic mass is 9.85. The molecule has 0 aliphatic carbocycles. The number of fused-ring (bicyclic) bond motifs is 1. The van der Waals surface area contributed by atoms with E-state index in [1.165, 1.54) is 0 Å². The predicted octanol–water partition coefficient (Wildman–Crippen LogP) is 3.62. The molecular weight excluding hydrogens is 336 g/mol. The highest BCUT2D eigenvalue weighted by molar-refractivity contribution is 5.77. The quantitative estimate of drug-likeness (QED) is 0.573. The van der Waals surface area contributed by atoms with E-state index in [9.17, 15) is 10.2 Å². The first-order chi connectivity index (χ1) is 13.1. The van der Waals surface area contributed by atoms with Gasteiger partial charge in [0.15, 0.2) is 11.4 Å². The van der Waals surface area contributed by atoms with E-state index in [0.29, 0.717) is 12.4 Å². The number of aliphatic hydroxyl groups is 2. The number of aromatic nitrogens is 2. The highest BCUT2D eigenvalue weighted by Gasteiger charge is 2.38. The number of aryl methyl sites for hydroxylation is 1. The van der Waals surface area contributed by atoms with Gasteiger partial charge in [0.1, 0.15) is 0 Å². The maximum absolute atomic E-state index is 12.0. The minimum Gasteiger partial charge on any atom is -0.395 e. The molecule has 0 spiro atoms. The second-order valence-corrected chi connectivity index (χ2v) is 6.75. The summed E-state index contributed by atoms with van der Waals surface area (Å²) in [5.74, 6) is 0.509. The Morgan fingerprint density at radius 1 is 0.889 bits per heavy atom. The van der Waals surface area contributed by atoms with E-state index in [1.807, 2.05) is 90.4 Å². The summed E-state index contributed by atoms with van der Waals surface area (Å²) < 4.78 is 1.92. The Kier molecular flexibility index (Phi) is 4.52. The van der Waals surface area contributed by atoms with E-state index in [-0.39, 0.29) is 6.61 Å². The molecule has 1 aromatic heterocycles. The summed E-state index contributed by atoms with van der Waals surface area (Å²) in [6.07, 6.45) is 0. The Morgan fingerprint density at radius 3 is 2.04 bits per heavy atom. The smallest absolute Gasteiger partial charge is 0.173 e. The third-order valence-electron chi connectivity index (χ3n) is 4.93. The molecule has 2 N–H and O–H groups in total. The fourth-order valence-electron chi connectivity index (χ4n) is 3.62. The van der Waals surface area contributed by atoms with E-state index in [2.05, 4.69) is 0 Å². The van der Waals surface area contributed by atoms with Gasteiger partial charge in [0.25, 0.3) is 0 Å². The van der Waals surface area contributed by atoms with E-state index in [1.54, 1.807) is 0 Å². The molecule has 4 nitrogen and oxygen atoms in total. The molecular formula is C23H22N2O2. The first-order valence-corrected chi connectivity index (χ1v) is 9.06. The molecule has 4 aromatic rings. The first-order valence-electron chi connectivity index (χ1n) is 9.06. The topological polar surface area (TPSA) is 58.3 Å². The minimum atomic E-state index is -1.43. The third kappa shape index (κ3) is 2.93. The Morgan fingerprint density at radius 2 is 1.48 bits per heavy atom. The average Bonchev–Trinajstić information content (AvgIpc) is 3.07. The van der Waals surface area contributed by atoms with E-state index in [4.69, 9.17) is 4.98 Å². The van der Waals surface area contributed by atoms with Crippen LogP contribution >= 0.6 is 0 Å². The van der Waals surface area contributed by atoms with Crippen molar-refractivity contribution in [3.05, 3.63) is 101 Å². The van der Waals surface area contributed by atoms with Crippen molar-refractivity contribution >= 4 is 11.0 Å². The summed E-state index contributed by atoms with van der Waals surface area (Å²) >= 11 is 0. The van der Waals surface area contributed by atoms with Gasteiger partial charge in [0.2, 0.25) is 0 Å². The Labute approximate surface area is 158 Å². The van der Waals surface area contributed by atoms with Crippen molar-refractivity contribution in [1.82, 2.24) is 9.55 Å². The number of aliphatic hydroxyl groups excluding tert-OH is 1. The van der Waals surface area contributed by atoms with Gasteiger partial charge < -0.3 is 14.8 Å². The van der Waals surface area contributed by atoms with Crippen LogP contribution in [0.25, 0.3) is 11.0 Å². The molecule has 0 aliphatic heterocycles. The molecule has 0 amide bonds. The molecule has 0 atom stereocenters. The number of benzene rings is 3. The molecule has 0 aliphatic rings. The van der Waals surface area contributed by atoms with Gasteiger partial charge in [-0.15, -0.1) is 0 Å². The zero-order valence-corrected chi connectivity index (χ0v) is 15.2. The summed E-state index contributed by atoms with van der Waals surface area (Å²) in [5.41, 5.74) is 2.87. The van der Waals surface area contributed by atoms with Gasteiger partial charge in [-0.05, 0) is 35.7 Å². The normalized spacial score (nSPS) is 11.8. The Bertz CT molecular complexity index is 1020. The van der Waals surface area contributed by atoms with Crippen LogP contribution in [0.1, 0.15) is 22.5 Å². The zero-order valence-electron chi connectivity index (χ0n) is 15.2. The molecule has 4 rings (SSSR count). The lowest BCUT2D eigenvalue weighted by Crippen LogP contribution is -2.33. The first kappa shape index (κ1) is 17.5. The van der Waals surface area contributed by atoms with Gasteiger partial charge in [-0.25, -0.2) is 4.98 Å². The molecule has 136 valence electrons. The fourth-order valence-corrected chi connectivity index (χ4v) is 3.62. The van der Waals surface area contributed by atoms with Crippen LogP contribution in [0.15, 0.2) is 78.9 Å². The van der Waals surface area contributed by atoms with Gasteiger partial charge >= 0.3 is 0 Å². The molecule has 0 fully saturated rings. The second kappa shape index (κ2) is 6.99. The summed E-state index contributed by atoms with van der Waals surface area (Å²) in [4.78, 5) is 4.80. The molecule has 27 heavy (non-hydrogen) atoms. The monoisotopic (exact) mass is 358 g/mol. The molecule has 0 bridgehead atoms. The Balaban J connectivity index is 2.06. The average molecular weight is 358 g/mol. The van der Waals surface area contributed by atoms with Crippen LogP contribution in [-0.4, -0.2) is 26.4 Å². The maximum Gasteiger partial charge on any atom is 0.173 e. The highest BCUT2D eigenvalue weighted by atomic mass is 16.3. The van der Waals surface area contributed by atoms with Crippen molar-refractivity contribution < 1.29 is 10.2 Å². The summed E-state index contributed by atoms with van der Waals surface area (Å²) in [5, 5.41) is 21.7. The predicted molar refractivity (Wildman–Crippen MR) is 107 cm³/mol. The second-order valence-electron chi connectivity index (χ2n) is 6.75. The van der Waals surface area contributed by atoms with Crippen LogP contribution in [0, 0.1) is 6.92 Å². The van der Waals surface area contributed by atoms with Crippen LogP contribution in [-0.2, 0) is 12.1 Å². The van der Waals surface area contributed by atoms with Crippen molar-refractivity contribution in [2.75, 3.05) is 6.61 Å². The lowest BCUT2D eigenvalue weighted by molar-refractivity contribution is 0.110. The van der Waals surface area contributed by atoms with Gasteiger partial charge in [-0.1, -0.05) is 66.7 Å². The van der Waals surface area contributed by atoms with Gasteiger partial charge in [-0.3, -0.25) is 0 Å². The number of rotatable bonds is 5. The molecule has 4 heteroatoms. The van der Waals surface area contributed by atoms with Crippen LogP contribution in [0.2, 0.25) is 0 Å². The zero-order chi connectivity index (χ0) is 18.9. The summed E-state index contributed by atoms with van der Waals surface area (Å²) in [7, 11) is 0. The summed E-state index contributed by atoms with van der Waals surface area (Å²) in [6.45, 7) is 2.35. The van der Waals surface area contributed by atoms with Crippen molar-refractivity contribution in [3.63, 3.8) is 0 Å². The number of hydrogen-bond donors (Lipinski definition) is 2. The van der Waals surface area contributed by atoms with Gasteiger partial charge in [0.05, 0.1) is 17.6 Å². The standard InChI is InChI=1S/C23H22N2O2/c1-17-12-13-20-21(16-17)25(14-15-26)22(24-20)23(27,18-8-4-2-5-9-18)19-10-6-3-7-11-19/h2-13,16,26-27H,14-15H2,1H3. The molecule has 0 saturated heterocycles. The molecule has 3 aromatic carbocycles. The van der Waals surface area contributed by atoms with Crippen molar-refractivity contribution in [3.8, 4) is 0 Å². The molecule has 0 saturated carbocycles. The lowest BCUT2D eigenvalue weighted by Gasteiger charge is -2.29. The molecule has 1 heterocycles. The third-order valence-corrected chi connectivity index (χ3v) is 4.93. The van der Waals surface area contributed by atoms with Crippen molar-refractivity contribution in [2.45, 2.75) is 19.1 Å². The maximum atomic E-state index is 12.0. The SMILES string of the molecule is Cc1ccc2nc(C(O)(c3ccccc3)c3ccccc3)n(CCO)c2c1. The van der Waals surface area contributed by atoms with Crippen molar-refractivity contribution in [1.29, 1.82) is 0 Å². The number of imidazole rings is 1. The largest absolute Gasteiger partial charge is 0.395 e. The van der Waals surface area contributed by atoms with Crippen LogP contribution in [0.4, 0.5) is 0 Å². The van der Waals surface area contributed by atoms with E-state index >= 15 is 0 Å². The van der Waals surface area contributed by atoms with E-state index in [0.717, 1.165) is 27.7 Å². The molecule has 0 radical (unpaired) electrons. The van der Waals surface area contributed by atoms with Gasteiger partial charge in [0, 0.05) is 6.54 Å². The number of nitrogens with zero attached hydrogens (tertiary/aromatic N) is 2. The fraction of sp³-hybridized carbons (Fsp3) is 0.174. The Hall–Kier alpha value is -2.95. The van der Waals surface area contributed by atoms with Crippen molar-refractivity contribution in [2.24, 2.45) is 0 Å². The highest BCUT2D eigenvalue weighted by Crippen LogP contribution is 2.37. The van der Waals surface area contributed by atoms with Crippen LogP contribution in [0.3, 0.4) is 0 Å². The summed E-state index contributed by atoms with van der Waals surface area (Å²) in [6, 6.07) is 25.1. The molecule has 0 unspecified atom stereocenters. The van der Waals surface area contributed by atoms with E-state index < -0.39 is 5.60 Å². The van der Waals surface area contributed by atoms with Gasteiger partial charge in [-0.2, -0.15) is 0 Å². The van der Waals surface area contributed by atoms with Crippen LogP contribution in [0.5, 0.6) is 0 Å². The minimum absolute atomic E-state index is 0.0357. The van der Waals surface area contributed by atoms with Crippen LogP contribution < -0.4 is 0 Å². The number of hydrogen-bond acceptors (Lipinski definition) is 3.